The predicted octanol–water partition coefficient (Wildman–Crippen LogP) is 6.07. The van der Waals surface area contributed by atoms with Gasteiger partial charge >= 0.3 is 0 Å². The van der Waals surface area contributed by atoms with Gasteiger partial charge < -0.3 is 19.7 Å². The van der Waals surface area contributed by atoms with Crippen molar-refractivity contribution < 1.29 is 27.5 Å². The zero-order valence-electron chi connectivity index (χ0n) is 25.0. The van der Waals surface area contributed by atoms with Crippen molar-refractivity contribution in [3.05, 3.63) is 82.3 Å². The first-order valence-corrected chi connectivity index (χ1v) is 16.6. The number of rotatable bonds is 13. The fraction of sp³-hybridized carbons (Fsp3) is 0.375. The van der Waals surface area contributed by atoms with Crippen LogP contribution >= 0.6 is 23.2 Å². The molecule has 0 unspecified atom stereocenters. The van der Waals surface area contributed by atoms with E-state index in [0.29, 0.717) is 27.8 Å². The van der Waals surface area contributed by atoms with E-state index in [0.717, 1.165) is 30.0 Å². The maximum atomic E-state index is 14.4. The van der Waals surface area contributed by atoms with E-state index in [-0.39, 0.29) is 34.8 Å². The van der Waals surface area contributed by atoms with Crippen LogP contribution in [0.2, 0.25) is 10.0 Å². The minimum Gasteiger partial charge on any atom is -0.497 e. The number of methoxy groups -OCH3 is 2. The van der Waals surface area contributed by atoms with Gasteiger partial charge in [0.2, 0.25) is 11.8 Å². The van der Waals surface area contributed by atoms with Crippen LogP contribution in [-0.4, -0.2) is 58.0 Å². The molecule has 0 aliphatic heterocycles. The zero-order chi connectivity index (χ0) is 31.9. The largest absolute Gasteiger partial charge is 0.497 e. The predicted molar refractivity (Wildman–Crippen MR) is 172 cm³/mol. The van der Waals surface area contributed by atoms with Crippen LogP contribution in [0.1, 0.15) is 44.6 Å². The van der Waals surface area contributed by atoms with Crippen LogP contribution in [0.4, 0.5) is 5.69 Å². The van der Waals surface area contributed by atoms with Crippen molar-refractivity contribution in [2.45, 2.75) is 62.6 Å². The number of ether oxygens (including phenoxy) is 2. The molecule has 3 aromatic rings. The summed E-state index contributed by atoms with van der Waals surface area (Å²) in [6.07, 6.45) is 4.10. The number of nitrogens with zero attached hydrogens (tertiary/aromatic N) is 2. The number of amides is 2. The second kappa shape index (κ2) is 15.0. The standard InChI is InChI=1S/C32H37Cl2N3O6S/c1-4-28(32(39)35-24-10-8-9-11-24)36(20-22-14-15-23(33)18-27(22)34)31(38)21-37(44(40,41)26-12-6-5-7-13-26)29-19-25(42-2)16-17-30(29)43-3/h5-7,12-19,24,28H,4,8-11,20-21H2,1-3H3,(H,35,39)/t28-/m1/s1. The van der Waals surface area contributed by atoms with E-state index in [1.54, 1.807) is 48.5 Å². The first kappa shape index (κ1) is 33.4. The average molecular weight is 663 g/mol. The minimum atomic E-state index is -4.29. The van der Waals surface area contributed by atoms with E-state index in [2.05, 4.69) is 5.32 Å². The number of benzene rings is 3. The Morgan fingerprint density at radius 3 is 2.30 bits per heavy atom. The molecule has 4 rings (SSSR count). The molecule has 1 aliphatic rings. The normalized spacial score (nSPS) is 14.1. The molecule has 0 bridgehead atoms. The van der Waals surface area contributed by atoms with E-state index in [9.17, 15) is 18.0 Å². The summed E-state index contributed by atoms with van der Waals surface area (Å²) in [4.78, 5) is 29.4. The quantitative estimate of drug-likeness (QED) is 0.238. The lowest BCUT2D eigenvalue weighted by atomic mass is 10.1. The van der Waals surface area contributed by atoms with Gasteiger partial charge in [0.1, 0.15) is 24.1 Å². The van der Waals surface area contributed by atoms with Gasteiger partial charge in [-0.2, -0.15) is 0 Å². The third-order valence-corrected chi connectivity index (χ3v) is 10.1. The Morgan fingerprint density at radius 1 is 0.977 bits per heavy atom. The first-order chi connectivity index (χ1) is 21.1. The molecule has 1 N–H and O–H groups in total. The minimum absolute atomic E-state index is 0.0176. The van der Waals surface area contributed by atoms with Crippen LogP contribution in [0, 0.1) is 0 Å². The molecule has 236 valence electrons. The number of nitrogens with one attached hydrogen (secondary N) is 1. The Morgan fingerprint density at radius 2 is 1.68 bits per heavy atom. The van der Waals surface area contributed by atoms with Crippen LogP contribution in [-0.2, 0) is 26.2 Å². The number of hydrogen-bond donors (Lipinski definition) is 1. The molecule has 0 spiro atoms. The highest BCUT2D eigenvalue weighted by Crippen LogP contribution is 2.36. The zero-order valence-corrected chi connectivity index (χ0v) is 27.3. The summed E-state index contributed by atoms with van der Waals surface area (Å²) in [7, 11) is -1.42. The van der Waals surface area contributed by atoms with Crippen molar-refractivity contribution in [1.29, 1.82) is 0 Å². The lowest BCUT2D eigenvalue weighted by Gasteiger charge is -2.34. The number of carbonyl (C=O) groups is 2. The SMILES string of the molecule is CC[C@H](C(=O)NC1CCCC1)N(Cc1ccc(Cl)cc1Cl)C(=O)CN(c1cc(OC)ccc1OC)S(=O)(=O)c1ccccc1. The van der Waals surface area contributed by atoms with E-state index < -0.39 is 28.5 Å². The van der Waals surface area contributed by atoms with Crippen LogP contribution in [0.3, 0.4) is 0 Å². The van der Waals surface area contributed by atoms with E-state index >= 15 is 0 Å². The molecule has 12 heteroatoms. The summed E-state index contributed by atoms with van der Waals surface area (Å²) in [5, 5.41) is 3.84. The van der Waals surface area contributed by atoms with E-state index in [1.807, 2.05) is 6.92 Å². The maximum absolute atomic E-state index is 14.4. The van der Waals surface area contributed by atoms with Gasteiger partial charge in [-0.3, -0.25) is 13.9 Å². The van der Waals surface area contributed by atoms with Crippen LogP contribution in [0.15, 0.2) is 71.6 Å². The molecule has 44 heavy (non-hydrogen) atoms. The molecule has 0 aromatic heterocycles. The summed E-state index contributed by atoms with van der Waals surface area (Å²) in [6, 6.07) is 16.6. The number of sulfonamides is 1. The Hall–Kier alpha value is -3.47. The molecule has 3 aromatic carbocycles. The lowest BCUT2D eigenvalue weighted by molar-refractivity contribution is -0.140. The second-order valence-corrected chi connectivity index (χ2v) is 13.2. The number of halogens is 2. The number of hydrogen-bond acceptors (Lipinski definition) is 6. The third kappa shape index (κ3) is 7.78. The third-order valence-electron chi connectivity index (χ3n) is 7.71. The van der Waals surface area contributed by atoms with Gasteiger partial charge in [-0.25, -0.2) is 8.42 Å². The fourth-order valence-electron chi connectivity index (χ4n) is 5.35. The second-order valence-electron chi connectivity index (χ2n) is 10.5. The van der Waals surface area contributed by atoms with Gasteiger partial charge in [-0.1, -0.05) is 67.2 Å². The molecular formula is C32H37Cl2N3O6S. The van der Waals surface area contributed by atoms with Crippen LogP contribution in [0.5, 0.6) is 11.5 Å². The topological polar surface area (TPSA) is 105 Å². The Balaban J connectivity index is 1.79. The highest BCUT2D eigenvalue weighted by atomic mass is 35.5. The Kier molecular flexibility index (Phi) is 11.4. The Bertz CT molecular complexity index is 1570. The highest BCUT2D eigenvalue weighted by molar-refractivity contribution is 7.92. The molecule has 1 atom stereocenters. The molecule has 9 nitrogen and oxygen atoms in total. The molecule has 1 fully saturated rings. The molecule has 0 radical (unpaired) electrons. The first-order valence-electron chi connectivity index (χ1n) is 14.4. The van der Waals surface area contributed by atoms with Gasteiger partial charge in [0.05, 0.1) is 24.8 Å². The summed E-state index contributed by atoms with van der Waals surface area (Å²) < 4.78 is 40.2. The highest BCUT2D eigenvalue weighted by Gasteiger charge is 2.36. The number of carbonyl (C=O) groups excluding carboxylic acids is 2. The average Bonchev–Trinajstić information content (AvgIpc) is 3.53. The molecule has 0 saturated heterocycles. The van der Waals surface area contributed by atoms with Gasteiger partial charge in [-0.15, -0.1) is 0 Å². The summed E-state index contributed by atoms with van der Waals surface area (Å²) in [5.74, 6) is -0.312. The molecule has 0 heterocycles. The van der Waals surface area contributed by atoms with Crippen LogP contribution < -0.4 is 19.1 Å². The number of anilines is 1. The molecule has 2 amide bonds. The van der Waals surface area contributed by atoms with Crippen molar-refractivity contribution in [2.75, 3.05) is 25.1 Å². The smallest absolute Gasteiger partial charge is 0.264 e. The lowest BCUT2D eigenvalue weighted by Crippen LogP contribution is -2.53. The van der Waals surface area contributed by atoms with Gasteiger partial charge in [0.15, 0.2) is 0 Å². The van der Waals surface area contributed by atoms with Crippen LogP contribution in [0.25, 0.3) is 0 Å². The van der Waals surface area contributed by atoms with Gasteiger partial charge in [0, 0.05) is 28.7 Å². The van der Waals surface area contributed by atoms with Gasteiger partial charge in [-0.05, 0) is 61.2 Å². The van der Waals surface area contributed by atoms with Gasteiger partial charge in [0.25, 0.3) is 10.0 Å². The molecular weight excluding hydrogens is 625 g/mol. The van der Waals surface area contributed by atoms with Crippen molar-refractivity contribution in [2.24, 2.45) is 0 Å². The van der Waals surface area contributed by atoms with E-state index in [1.165, 1.54) is 37.3 Å². The van der Waals surface area contributed by atoms with E-state index in [4.69, 9.17) is 32.7 Å². The van der Waals surface area contributed by atoms with Crippen molar-refractivity contribution >= 4 is 50.7 Å². The molecule has 1 aliphatic carbocycles. The van der Waals surface area contributed by atoms with Crippen molar-refractivity contribution in [1.82, 2.24) is 10.2 Å². The summed E-state index contributed by atoms with van der Waals surface area (Å²) in [5.41, 5.74) is 0.671. The molecule has 1 saturated carbocycles. The fourth-order valence-corrected chi connectivity index (χ4v) is 7.25. The Labute approximate surface area is 269 Å². The maximum Gasteiger partial charge on any atom is 0.264 e. The van der Waals surface area contributed by atoms with Crippen molar-refractivity contribution in [3.63, 3.8) is 0 Å². The van der Waals surface area contributed by atoms with Crippen molar-refractivity contribution in [3.8, 4) is 11.5 Å². The summed E-state index contributed by atoms with van der Waals surface area (Å²) >= 11 is 12.6. The monoisotopic (exact) mass is 661 g/mol. The summed E-state index contributed by atoms with van der Waals surface area (Å²) in [6.45, 7) is 1.14.